The molecule has 0 N–H and O–H groups in total. The van der Waals surface area contributed by atoms with E-state index in [1.165, 1.54) is 25.7 Å². The lowest BCUT2D eigenvalue weighted by Gasteiger charge is -2.15. The molecule has 1 saturated carbocycles. The summed E-state index contributed by atoms with van der Waals surface area (Å²) in [5, 5.41) is 0.474. The van der Waals surface area contributed by atoms with Gasteiger partial charge >= 0.3 is 0 Å². The molecule has 4 heteroatoms. The maximum atomic E-state index is 11.1. The van der Waals surface area contributed by atoms with E-state index in [9.17, 15) is 4.79 Å². The molecular weight excluding hydrogens is 264 g/mol. The first-order valence-electron chi connectivity index (χ1n) is 6.70. The number of aldehydes is 1. The van der Waals surface area contributed by atoms with E-state index < -0.39 is 0 Å². The monoisotopic (exact) mass is 282 g/mol. The Morgan fingerprint density at radius 1 is 1.37 bits per heavy atom. The summed E-state index contributed by atoms with van der Waals surface area (Å²) in [6, 6.07) is 3.27. The highest BCUT2D eigenvalue weighted by Gasteiger charge is 2.16. The van der Waals surface area contributed by atoms with Gasteiger partial charge in [0.2, 0.25) is 0 Å². The molecule has 0 atom stereocenters. The first-order valence-corrected chi connectivity index (χ1v) is 7.08. The van der Waals surface area contributed by atoms with Gasteiger partial charge in [-0.25, -0.2) is 0 Å². The zero-order chi connectivity index (χ0) is 13.7. The standard InChI is InChI=1S/C15H19ClO3/c1-18-14-9-13(16)8-12(10-17)15(14)19-7-6-11-4-2-3-5-11/h8-11H,2-7H2,1H3. The van der Waals surface area contributed by atoms with Crippen molar-refractivity contribution in [2.45, 2.75) is 32.1 Å². The van der Waals surface area contributed by atoms with Crippen LogP contribution in [0.15, 0.2) is 12.1 Å². The fraction of sp³-hybridized carbons (Fsp3) is 0.533. The van der Waals surface area contributed by atoms with Gasteiger partial charge in [0.05, 0.1) is 19.3 Å². The second-order valence-electron chi connectivity index (χ2n) is 4.93. The number of ether oxygens (including phenoxy) is 2. The number of benzene rings is 1. The predicted molar refractivity (Wildman–Crippen MR) is 75.5 cm³/mol. The van der Waals surface area contributed by atoms with Crippen molar-refractivity contribution < 1.29 is 14.3 Å². The van der Waals surface area contributed by atoms with Crippen molar-refractivity contribution in [3.05, 3.63) is 22.7 Å². The molecule has 0 radical (unpaired) electrons. The molecular formula is C15H19ClO3. The largest absolute Gasteiger partial charge is 0.493 e. The lowest BCUT2D eigenvalue weighted by atomic mass is 10.1. The molecule has 0 aliphatic heterocycles. The quantitative estimate of drug-likeness (QED) is 0.736. The maximum absolute atomic E-state index is 11.1. The Hall–Kier alpha value is -1.22. The molecule has 1 fully saturated rings. The maximum Gasteiger partial charge on any atom is 0.171 e. The highest BCUT2D eigenvalue weighted by Crippen LogP contribution is 2.34. The molecule has 3 nitrogen and oxygen atoms in total. The summed E-state index contributed by atoms with van der Waals surface area (Å²) in [7, 11) is 1.55. The van der Waals surface area contributed by atoms with Crippen LogP contribution in [0.2, 0.25) is 5.02 Å². The number of halogens is 1. The lowest BCUT2D eigenvalue weighted by molar-refractivity contribution is 0.111. The van der Waals surface area contributed by atoms with Crippen LogP contribution in [0.4, 0.5) is 0 Å². The minimum Gasteiger partial charge on any atom is -0.493 e. The molecule has 1 aromatic carbocycles. The highest BCUT2D eigenvalue weighted by molar-refractivity contribution is 6.31. The smallest absolute Gasteiger partial charge is 0.171 e. The van der Waals surface area contributed by atoms with Gasteiger partial charge in [-0.1, -0.05) is 37.3 Å². The number of hydrogen-bond donors (Lipinski definition) is 0. The number of carbonyl (C=O) groups is 1. The Labute approximate surface area is 118 Å². The predicted octanol–water partition coefficient (Wildman–Crippen LogP) is 4.12. The van der Waals surface area contributed by atoms with Gasteiger partial charge in [-0.15, -0.1) is 0 Å². The minimum absolute atomic E-state index is 0.441. The van der Waals surface area contributed by atoms with Crippen LogP contribution in [0.25, 0.3) is 0 Å². The van der Waals surface area contributed by atoms with Crippen LogP contribution >= 0.6 is 11.6 Å². The lowest BCUT2D eigenvalue weighted by Crippen LogP contribution is -2.06. The van der Waals surface area contributed by atoms with Crippen molar-refractivity contribution in [3.8, 4) is 11.5 Å². The third kappa shape index (κ3) is 3.63. The van der Waals surface area contributed by atoms with Crippen molar-refractivity contribution in [1.29, 1.82) is 0 Å². The molecule has 0 spiro atoms. The van der Waals surface area contributed by atoms with E-state index in [-0.39, 0.29) is 0 Å². The van der Waals surface area contributed by atoms with Gasteiger partial charge in [0.25, 0.3) is 0 Å². The molecule has 104 valence electrons. The first-order chi connectivity index (χ1) is 9.24. The number of carbonyl (C=O) groups excluding carboxylic acids is 1. The van der Waals surface area contributed by atoms with Crippen LogP contribution < -0.4 is 9.47 Å². The summed E-state index contributed by atoms with van der Waals surface area (Å²) < 4.78 is 11.0. The summed E-state index contributed by atoms with van der Waals surface area (Å²) in [5.74, 6) is 1.78. The van der Waals surface area contributed by atoms with Gasteiger partial charge in [0, 0.05) is 11.1 Å². The average Bonchev–Trinajstić information content (AvgIpc) is 2.92. The van der Waals surface area contributed by atoms with E-state index in [0.717, 1.165) is 18.6 Å². The highest BCUT2D eigenvalue weighted by atomic mass is 35.5. The first kappa shape index (κ1) is 14.2. The zero-order valence-corrected chi connectivity index (χ0v) is 11.9. The van der Waals surface area contributed by atoms with Crippen LogP contribution in [0.3, 0.4) is 0 Å². The number of rotatable bonds is 6. The van der Waals surface area contributed by atoms with Gasteiger partial charge in [0.1, 0.15) is 0 Å². The summed E-state index contributed by atoms with van der Waals surface area (Å²) in [5.41, 5.74) is 0.441. The van der Waals surface area contributed by atoms with Gasteiger partial charge in [-0.3, -0.25) is 4.79 Å². The van der Waals surface area contributed by atoms with Crippen LogP contribution in [-0.2, 0) is 0 Å². The fourth-order valence-electron chi connectivity index (χ4n) is 2.61. The number of hydrogen-bond acceptors (Lipinski definition) is 3. The van der Waals surface area contributed by atoms with E-state index >= 15 is 0 Å². The molecule has 0 aromatic heterocycles. The third-order valence-corrected chi connectivity index (χ3v) is 3.86. The SMILES string of the molecule is COc1cc(Cl)cc(C=O)c1OCCC1CCCC1. The van der Waals surface area contributed by atoms with E-state index in [2.05, 4.69) is 0 Å². The van der Waals surface area contributed by atoms with Gasteiger partial charge < -0.3 is 9.47 Å². The van der Waals surface area contributed by atoms with Gasteiger partial charge in [0.15, 0.2) is 17.8 Å². The zero-order valence-electron chi connectivity index (χ0n) is 11.2. The van der Waals surface area contributed by atoms with Crippen molar-refractivity contribution >= 4 is 17.9 Å². The minimum atomic E-state index is 0.441. The summed E-state index contributed by atoms with van der Waals surface area (Å²) in [4.78, 5) is 11.1. The molecule has 0 unspecified atom stereocenters. The summed E-state index contributed by atoms with van der Waals surface area (Å²) in [6.45, 7) is 0.615. The van der Waals surface area contributed by atoms with Crippen LogP contribution in [0.1, 0.15) is 42.5 Å². The Kier molecular flexibility index (Phi) is 5.08. The van der Waals surface area contributed by atoms with Crippen molar-refractivity contribution in [2.75, 3.05) is 13.7 Å². The molecule has 2 rings (SSSR count). The third-order valence-electron chi connectivity index (χ3n) is 3.64. The molecule has 0 bridgehead atoms. The van der Waals surface area contributed by atoms with Crippen LogP contribution in [0.5, 0.6) is 11.5 Å². The van der Waals surface area contributed by atoms with Crippen molar-refractivity contribution in [1.82, 2.24) is 0 Å². The molecule has 0 amide bonds. The summed E-state index contributed by atoms with van der Waals surface area (Å²) in [6.07, 6.45) is 7.02. The molecule has 1 aromatic rings. The topological polar surface area (TPSA) is 35.5 Å². The molecule has 0 heterocycles. The Balaban J connectivity index is 2.02. The summed E-state index contributed by atoms with van der Waals surface area (Å²) >= 11 is 5.92. The van der Waals surface area contributed by atoms with E-state index in [1.807, 2.05) is 0 Å². The molecule has 1 aliphatic rings. The molecule has 19 heavy (non-hydrogen) atoms. The van der Waals surface area contributed by atoms with Gasteiger partial charge in [-0.2, -0.15) is 0 Å². The van der Waals surface area contributed by atoms with Gasteiger partial charge in [-0.05, 0) is 18.4 Å². The van der Waals surface area contributed by atoms with Crippen LogP contribution in [0, 0.1) is 5.92 Å². The Morgan fingerprint density at radius 2 is 2.11 bits per heavy atom. The van der Waals surface area contributed by atoms with E-state index in [0.29, 0.717) is 28.7 Å². The average molecular weight is 283 g/mol. The second-order valence-corrected chi connectivity index (χ2v) is 5.37. The number of methoxy groups -OCH3 is 1. The molecule has 0 saturated heterocycles. The molecule has 1 aliphatic carbocycles. The van der Waals surface area contributed by atoms with E-state index in [4.69, 9.17) is 21.1 Å². The Bertz CT molecular complexity index is 439. The Morgan fingerprint density at radius 3 is 2.74 bits per heavy atom. The van der Waals surface area contributed by atoms with Crippen LogP contribution in [-0.4, -0.2) is 20.0 Å². The van der Waals surface area contributed by atoms with E-state index in [1.54, 1.807) is 19.2 Å². The normalized spacial score (nSPS) is 15.5. The van der Waals surface area contributed by atoms with Crippen molar-refractivity contribution in [3.63, 3.8) is 0 Å². The van der Waals surface area contributed by atoms with Crippen molar-refractivity contribution in [2.24, 2.45) is 5.92 Å². The fourth-order valence-corrected chi connectivity index (χ4v) is 2.83. The second kappa shape index (κ2) is 6.80.